The zero-order valence-corrected chi connectivity index (χ0v) is 10.7. The zero-order valence-electron chi connectivity index (χ0n) is 10.7. The molecule has 0 aromatic heterocycles. The van der Waals surface area contributed by atoms with Crippen LogP contribution in [0.15, 0.2) is 23.2 Å². The van der Waals surface area contributed by atoms with Crippen molar-refractivity contribution in [2.45, 2.75) is 47.5 Å². The van der Waals surface area contributed by atoms with Crippen LogP contribution in [0.5, 0.6) is 0 Å². The van der Waals surface area contributed by atoms with Gasteiger partial charge in [0.2, 0.25) is 0 Å². The van der Waals surface area contributed by atoms with Crippen LogP contribution >= 0.6 is 0 Å². The van der Waals surface area contributed by atoms with Gasteiger partial charge in [-0.05, 0) is 30.9 Å². The third-order valence-electron chi connectivity index (χ3n) is 2.08. The second-order valence-electron chi connectivity index (χ2n) is 2.93. The average molecular weight is 205 g/mol. The van der Waals surface area contributed by atoms with Crippen LogP contribution in [-0.4, -0.2) is 6.21 Å². The van der Waals surface area contributed by atoms with Gasteiger partial charge in [0, 0.05) is 6.21 Å². The molecule has 1 nitrogen and oxygen atoms in total. The Morgan fingerprint density at radius 3 is 2.33 bits per heavy atom. The third kappa shape index (κ3) is 3.86. The van der Waals surface area contributed by atoms with E-state index in [1.54, 1.807) is 0 Å². The highest BCUT2D eigenvalue weighted by Crippen LogP contribution is 2.26. The molecule has 0 spiro atoms. The van der Waals surface area contributed by atoms with Gasteiger partial charge < -0.3 is 0 Å². The van der Waals surface area contributed by atoms with E-state index in [1.165, 1.54) is 16.8 Å². The first kappa shape index (κ1) is 13.9. The molecule has 1 aliphatic rings. The van der Waals surface area contributed by atoms with Crippen molar-refractivity contribution in [3.05, 3.63) is 29.3 Å². The SMILES string of the molecule is CC.CC.Cc1cccc2c1N=CCC2. The molecule has 0 saturated carbocycles. The molecule has 15 heavy (non-hydrogen) atoms. The summed E-state index contributed by atoms with van der Waals surface area (Å²) in [6.07, 6.45) is 4.26. The maximum Gasteiger partial charge on any atom is 0.0686 e. The van der Waals surface area contributed by atoms with Gasteiger partial charge in [-0.2, -0.15) is 0 Å². The van der Waals surface area contributed by atoms with Crippen LogP contribution in [-0.2, 0) is 6.42 Å². The molecule has 0 aliphatic carbocycles. The Bertz CT molecular complexity index is 300. The summed E-state index contributed by atoms with van der Waals surface area (Å²) < 4.78 is 0. The highest BCUT2D eigenvalue weighted by Gasteiger charge is 2.05. The second kappa shape index (κ2) is 8.22. The zero-order chi connectivity index (χ0) is 11.7. The van der Waals surface area contributed by atoms with Crippen molar-refractivity contribution in [1.82, 2.24) is 0 Å². The molecule has 0 unspecified atom stereocenters. The summed E-state index contributed by atoms with van der Waals surface area (Å²) >= 11 is 0. The fraction of sp³-hybridized carbons (Fsp3) is 0.500. The predicted molar refractivity (Wildman–Crippen MR) is 70.3 cm³/mol. The molecule has 1 heterocycles. The number of rotatable bonds is 0. The van der Waals surface area contributed by atoms with Crippen LogP contribution in [0.1, 0.15) is 45.2 Å². The number of fused-ring (bicyclic) bond motifs is 1. The second-order valence-corrected chi connectivity index (χ2v) is 2.93. The van der Waals surface area contributed by atoms with Crippen LogP contribution in [0.25, 0.3) is 0 Å². The molecule has 1 heteroatoms. The normalized spacial score (nSPS) is 11.5. The molecule has 1 aromatic carbocycles. The van der Waals surface area contributed by atoms with Gasteiger partial charge in [0.15, 0.2) is 0 Å². The molecule has 1 aliphatic heterocycles. The lowest BCUT2D eigenvalue weighted by molar-refractivity contribution is 1.02. The Hall–Kier alpha value is -1.11. The summed E-state index contributed by atoms with van der Waals surface area (Å²) in [5.74, 6) is 0. The van der Waals surface area contributed by atoms with E-state index < -0.39 is 0 Å². The van der Waals surface area contributed by atoms with Gasteiger partial charge in [-0.1, -0.05) is 45.9 Å². The lowest BCUT2D eigenvalue weighted by Gasteiger charge is -2.10. The lowest BCUT2D eigenvalue weighted by atomic mass is 10.0. The molecular formula is C14H23N. The van der Waals surface area contributed by atoms with Gasteiger partial charge in [-0.15, -0.1) is 0 Å². The summed E-state index contributed by atoms with van der Waals surface area (Å²) in [5.41, 5.74) is 3.88. The van der Waals surface area contributed by atoms with Crippen molar-refractivity contribution in [2.24, 2.45) is 4.99 Å². The standard InChI is InChI=1S/C10H11N.2C2H6/c1-8-4-2-5-9-6-3-7-11-10(8)9;2*1-2/h2,4-5,7H,3,6H2,1H3;2*1-2H3. The number of aryl methyl sites for hydroxylation is 2. The van der Waals surface area contributed by atoms with Gasteiger partial charge in [0.25, 0.3) is 0 Å². The van der Waals surface area contributed by atoms with Crippen LogP contribution in [0.3, 0.4) is 0 Å². The summed E-state index contributed by atoms with van der Waals surface area (Å²) in [5, 5.41) is 0. The van der Waals surface area contributed by atoms with Crippen molar-refractivity contribution in [3.8, 4) is 0 Å². The first-order valence-corrected chi connectivity index (χ1v) is 5.99. The van der Waals surface area contributed by atoms with Gasteiger partial charge >= 0.3 is 0 Å². The molecule has 0 saturated heterocycles. The largest absolute Gasteiger partial charge is 0.261 e. The molecule has 2 rings (SSSR count). The minimum Gasteiger partial charge on any atom is -0.261 e. The van der Waals surface area contributed by atoms with E-state index in [0.29, 0.717) is 0 Å². The molecule has 1 aromatic rings. The summed E-state index contributed by atoms with van der Waals surface area (Å²) in [6, 6.07) is 6.38. The van der Waals surface area contributed by atoms with Crippen LogP contribution in [0.2, 0.25) is 0 Å². The maximum absolute atomic E-state index is 4.37. The predicted octanol–water partition coefficient (Wildman–Crippen LogP) is 4.70. The van der Waals surface area contributed by atoms with E-state index in [9.17, 15) is 0 Å². The van der Waals surface area contributed by atoms with E-state index in [4.69, 9.17) is 0 Å². The van der Waals surface area contributed by atoms with E-state index >= 15 is 0 Å². The number of benzene rings is 1. The fourth-order valence-electron chi connectivity index (χ4n) is 1.48. The lowest BCUT2D eigenvalue weighted by Crippen LogP contribution is -1.94. The molecule has 0 N–H and O–H groups in total. The molecule has 0 amide bonds. The molecule has 0 bridgehead atoms. The van der Waals surface area contributed by atoms with Crippen molar-refractivity contribution in [3.63, 3.8) is 0 Å². The molecule has 0 fully saturated rings. The van der Waals surface area contributed by atoms with Crippen LogP contribution in [0, 0.1) is 6.92 Å². The molecule has 84 valence electrons. The van der Waals surface area contributed by atoms with E-state index in [1.807, 2.05) is 33.9 Å². The maximum atomic E-state index is 4.37. The number of aliphatic imine (C=N–C) groups is 1. The van der Waals surface area contributed by atoms with Crippen molar-refractivity contribution < 1.29 is 0 Å². The first-order chi connectivity index (χ1) is 7.38. The smallest absolute Gasteiger partial charge is 0.0686 e. The Kier molecular flexibility index (Phi) is 7.61. The van der Waals surface area contributed by atoms with Gasteiger partial charge in [0.05, 0.1) is 5.69 Å². The van der Waals surface area contributed by atoms with Gasteiger partial charge in [-0.3, -0.25) is 4.99 Å². The van der Waals surface area contributed by atoms with Crippen LogP contribution < -0.4 is 0 Å². The van der Waals surface area contributed by atoms with Crippen molar-refractivity contribution in [1.29, 1.82) is 0 Å². The number of hydrogen-bond donors (Lipinski definition) is 0. The Morgan fingerprint density at radius 2 is 1.73 bits per heavy atom. The number of nitrogens with zero attached hydrogens (tertiary/aromatic N) is 1. The number of hydrogen-bond acceptors (Lipinski definition) is 1. The van der Waals surface area contributed by atoms with Gasteiger partial charge in [-0.25, -0.2) is 0 Å². The molecular weight excluding hydrogens is 182 g/mol. The fourth-order valence-corrected chi connectivity index (χ4v) is 1.48. The van der Waals surface area contributed by atoms with Crippen LogP contribution in [0.4, 0.5) is 5.69 Å². The quantitative estimate of drug-likeness (QED) is 0.582. The van der Waals surface area contributed by atoms with E-state index in [-0.39, 0.29) is 0 Å². The minimum atomic E-state index is 1.09. The third-order valence-corrected chi connectivity index (χ3v) is 2.08. The first-order valence-electron chi connectivity index (χ1n) is 5.99. The summed E-state index contributed by atoms with van der Waals surface area (Å²) in [4.78, 5) is 4.37. The van der Waals surface area contributed by atoms with E-state index in [2.05, 4.69) is 30.1 Å². The molecule has 0 radical (unpaired) electrons. The summed E-state index contributed by atoms with van der Waals surface area (Å²) in [7, 11) is 0. The van der Waals surface area contributed by atoms with E-state index in [0.717, 1.165) is 12.8 Å². The highest BCUT2D eigenvalue weighted by atomic mass is 14.7. The monoisotopic (exact) mass is 205 g/mol. The number of para-hydroxylation sites is 1. The van der Waals surface area contributed by atoms with Crippen molar-refractivity contribution in [2.75, 3.05) is 0 Å². The minimum absolute atomic E-state index is 1.09. The highest BCUT2D eigenvalue weighted by molar-refractivity contribution is 5.70. The Morgan fingerprint density at radius 1 is 1.07 bits per heavy atom. The van der Waals surface area contributed by atoms with Gasteiger partial charge in [0.1, 0.15) is 0 Å². The Balaban J connectivity index is 0.000000442. The topological polar surface area (TPSA) is 12.4 Å². The molecule has 0 atom stereocenters. The Labute approximate surface area is 94.3 Å². The van der Waals surface area contributed by atoms with Crippen molar-refractivity contribution >= 4 is 11.9 Å². The summed E-state index contributed by atoms with van der Waals surface area (Å²) in [6.45, 7) is 10.1. The average Bonchev–Trinajstić information content (AvgIpc) is 2.35.